The first-order chi connectivity index (χ1) is 10.8. The summed E-state index contributed by atoms with van der Waals surface area (Å²) in [5, 5.41) is 10.2. The van der Waals surface area contributed by atoms with Gasteiger partial charge in [-0.2, -0.15) is 0 Å². The van der Waals surface area contributed by atoms with Crippen LogP contribution in [-0.2, 0) is 9.53 Å². The fourth-order valence-corrected chi connectivity index (χ4v) is 1.96. The van der Waals surface area contributed by atoms with Gasteiger partial charge in [0.15, 0.2) is 11.8 Å². The van der Waals surface area contributed by atoms with E-state index in [2.05, 4.69) is 4.99 Å². The Morgan fingerprint density at radius 1 is 1.57 bits per heavy atom. The molecule has 0 bridgehead atoms. The summed E-state index contributed by atoms with van der Waals surface area (Å²) < 4.78 is 46.2. The average Bonchev–Trinajstić information content (AvgIpc) is 3.27. The lowest BCUT2D eigenvalue weighted by atomic mass is 9.90. The quantitative estimate of drug-likeness (QED) is 0.364. The van der Waals surface area contributed by atoms with E-state index in [0.717, 1.165) is 26.0 Å². The molecule has 2 atom stereocenters. The first-order valence-corrected chi connectivity index (χ1v) is 7.33. The first-order valence-electron chi connectivity index (χ1n) is 7.33. The highest BCUT2D eigenvalue weighted by Gasteiger charge is 2.38. The van der Waals surface area contributed by atoms with E-state index >= 15 is 0 Å². The highest BCUT2D eigenvalue weighted by Crippen LogP contribution is 2.35. The van der Waals surface area contributed by atoms with Crippen LogP contribution in [-0.4, -0.2) is 41.8 Å². The number of allylic oxidation sites excluding steroid dienone is 3. The predicted octanol–water partition coefficient (Wildman–Crippen LogP) is 3.45. The Labute approximate surface area is 132 Å². The summed E-state index contributed by atoms with van der Waals surface area (Å²) in [5.41, 5.74) is -3.47. The van der Waals surface area contributed by atoms with Crippen LogP contribution in [0.2, 0.25) is 0 Å². The van der Waals surface area contributed by atoms with E-state index in [1.165, 1.54) is 0 Å². The van der Waals surface area contributed by atoms with Gasteiger partial charge in [-0.3, -0.25) is 4.99 Å². The van der Waals surface area contributed by atoms with Crippen molar-refractivity contribution in [1.29, 1.82) is 0 Å². The van der Waals surface area contributed by atoms with Crippen molar-refractivity contribution in [3.8, 4) is 0 Å². The van der Waals surface area contributed by atoms with Gasteiger partial charge < -0.3 is 9.84 Å². The zero-order valence-corrected chi connectivity index (χ0v) is 12.9. The van der Waals surface area contributed by atoms with Gasteiger partial charge in [0.25, 0.3) is 0 Å². The number of alkyl halides is 2. The third kappa shape index (κ3) is 4.03. The molecule has 0 saturated heterocycles. The van der Waals surface area contributed by atoms with Crippen molar-refractivity contribution in [2.75, 3.05) is 6.61 Å². The van der Waals surface area contributed by atoms with Crippen LogP contribution in [0.4, 0.5) is 13.2 Å². The number of esters is 1. The first kappa shape index (κ1) is 17.3. The Morgan fingerprint density at radius 3 is 2.78 bits per heavy atom. The number of ether oxygens (including phenoxy) is 1. The van der Waals surface area contributed by atoms with E-state index in [1.807, 2.05) is 0 Å². The molecule has 126 valence electrons. The van der Waals surface area contributed by atoms with Crippen LogP contribution >= 0.6 is 0 Å². The van der Waals surface area contributed by atoms with Crippen LogP contribution in [0.15, 0.2) is 39.9 Å². The zero-order valence-electron chi connectivity index (χ0n) is 12.9. The molecule has 2 unspecified atom stereocenters. The molecule has 0 spiro atoms. The van der Waals surface area contributed by atoms with E-state index in [9.17, 15) is 23.1 Å². The summed E-state index contributed by atoms with van der Waals surface area (Å²) in [7, 11) is 0. The molecule has 7 heteroatoms. The zero-order chi connectivity index (χ0) is 17.2. The monoisotopic (exact) mass is 329 g/mol. The molecular formula is C16H18F3NO3. The van der Waals surface area contributed by atoms with Crippen LogP contribution in [0.1, 0.15) is 26.7 Å². The third-order valence-corrected chi connectivity index (χ3v) is 3.48. The molecule has 0 heterocycles. The molecule has 1 fully saturated rings. The maximum absolute atomic E-state index is 14.0. The third-order valence-electron chi connectivity index (χ3n) is 3.48. The molecule has 23 heavy (non-hydrogen) atoms. The topological polar surface area (TPSA) is 58.9 Å². The number of hydrogen-bond acceptors (Lipinski definition) is 4. The van der Waals surface area contributed by atoms with Crippen LogP contribution in [0.5, 0.6) is 0 Å². The molecule has 2 rings (SSSR count). The summed E-state index contributed by atoms with van der Waals surface area (Å²) in [6.07, 6.45) is 1.67. The smallest absolute Gasteiger partial charge is 0.343 e. The maximum atomic E-state index is 14.0. The van der Waals surface area contributed by atoms with Crippen LogP contribution in [0.25, 0.3) is 0 Å². The van der Waals surface area contributed by atoms with Gasteiger partial charge in [-0.15, -0.1) is 0 Å². The average molecular weight is 329 g/mol. The van der Waals surface area contributed by atoms with Crippen molar-refractivity contribution in [2.45, 2.75) is 44.6 Å². The summed E-state index contributed by atoms with van der Waals surface area (Å²) in [5.74, 6) is -2.88. The molecule has 0 aromatic carbocycles. The van der Waals surface area contributed by atoms with Crippen molar-refractivity contribution in [2.24, 2.45) is 4.99 Å². The number of carbonyl (C=O) groups is 1. The Morgan fingerprint density at radius 2 is 2.22 bits per heavy atom. The summed E-state index contributed by atoms with van der Waals surface area (Å²) in [6.45, 7) is 2.52. The van der Waals surface area contributed by atoms with Crippen LogP contribution in [0.3, 0.4) is 0 Å². The Bertz CT molecular complexity index is 616. The van der Waals surface area contributed by atoms with Gasteiger partial charge in [0.1, 0.15) is 17.2 Å². The molecule has 0 aliphatic heterocycles. The summed E-state index contributed by atoms with van der Waals surface area (Å²) in [6, 6.07) is 0.0506. The Hall–Kier alpha value is -2.05. The molecule has 2 aliphatic carbocycles. The lowest BCUT2D eigenvalue weighted by molar-refractivity contribution is -0.138. The minimum atomic E-state index is -2.49. The highest BCUT2D eigenvalue weighted by molar-refractivity contribution is 6.10. The minimum absolute atomic E-state index is 0.0393. The van der Waals surface area contributed by atoms with E-state index in [1.54, 1.807) is 6.92 Å². The maximum Gasteiger partial charge on any atom is 0.343 e. The Balaban J connectivity index is 2.43. The van der Waals surface area contributed by atoms with E-state index in [0.29, 0.717) is 12.2 Å². The minimum Gasteiger partial charge on any atom is -0.506 e. The molecular weight excluding hydrogens is 311 g/mol. The largest absolute Gasteiger partial charge is 0.506 e. The van der Waals surface area contributed by atoms with Gasteiger partial charge in [-0.25, -0.2) is 18.0 Å². The standard InChI is InChI=1S/C16H18F3NO3/c1-3-23-15(22)11(8-20-9-4-5-9)14(21)10-7-16(2,19)13(18)6-12(10)17/h6-9,13,21H,3-5H2,1-2H3. The summed E-state index contributed by atoms with van der Waals surface area (Å²) >= 11 is 0. The number of aliphatic hydroxyl groups excluding tert-OH is 1. The van der Waals surface area contributed by atoms with Gasteiger partial charge in [0, 0.05) is 6.21 Å². The molecule has 0 amide bonds. The van der Waals surface area contributed by atoms with Gasteiger partial charge in [-0.1, -0.05) is 0 Å². The Kier molecular flexibility index (Phi) is 4.97. The number of halogens is 3. The highest BCUT2D eigenvalue weighted by atomic mass is 19.2. The van der Waals surface area contributed by atoms with E-state index in [4.69, 9.17) is 4.74 Å². The molecule has 0 aromatic heterocycles. The molecule has 1 N–H and O–H groups in total. The number of nitrogens with zero attached hydrogens (tertiary/aromatic N) is 1. The van der Waals surface area contributed by atoms with Crippen molar-refractivity contribution in [3.63, 3.8) is 0 Å². The van der Waals surface area contributed by atoms with Crippen molar-refractivity contribution in [1.82, 2.24) is 0 Å². The number of hydrogen-bond donors (Lipinski definition) is 1. The van der Waals surface area contributed by atoms with Crippen LogP contribution < -0.4 is 0 Å². The fourth-order valence-electron chi connectivity index (χ4n) is 1.96. The number of aliphatic imine (C=N–C) groups is 1. The fraction of sp³-hybridized carbons (Fsp3) is 0.500. The molecule has 1 saturated carbocycles. The normalized spacial score (nSPS) is 29.0. The van der Waals surface area contributed by atoms with Crippen molar-refractivity contribution >= 4 is 12.2 Å². The van der Waals surface area contributed by atoms with E-state index < -0.39 is 35.0 Å². The number of rotatable bonds is 5. The van der Waals surface area contributed by atoms with E-state index in [-0.39, 0.29) is 18.2 Å². The van der Waals surface area contributed by atoms with Gasteiger partial charge in [-0.05, 0) is 38.8 Å². The SMILES string of the molecule is CCOC(=O)C(C=NC1CC1)=C(O)C1=CC(C)(F)C(F)C=C1F. The second kappa shape index (κ2) is 6.60. The lowest BCUT2D eigenvalue weighted by Crippen LogP contribution is -2.31. The van der Waals surface area contributed by atoms with Gasteiger partial charge in [0.2, 0.25) is 0 Å². The molecule has 4 nitrogen and oxygen atoms in total. The number of aliphatic hydroxyl groups is 1. The molecule has 0 radical (unpaired) electrons. The number of carbonyl (C=O) groups excluding carboxylic acids is 1. The second-order valence-electron chi connectivity index (χ2n) is 5.62. The van der Waals surface area contributed by atoms with Crippen molar-refractivity contribution in [3.05, 3.63) is 34.9 Å². The molecule has 0 aromatic rings. The van der Waals surface area contributed by atoms with Crippen molar-refractivity contribution < 1.29 is 27.8 Å². The van der Waals surface area contributed by atoms with Gasteiger partial charge in [0.05, 0.1) is 18.2 Å². The predicted molar refractivity (Wildman–Crippen MR) is 79.5 cm³/mol. The summed E-state index contributed by atoms with van der Waals surface area (Å²) in [4.78, 5) is 16.0. The van der Waals surface area contributed by atoms with Crippen LogP contribution in [0, 0.1) is 0 Å². The second-order valence-corrected chi connectivity index (χ2v) is 5.62. The van der Waals surface area contributed by atoms with Gasteiger partial charge >= 0.3 is 5.97 Å². The lowest BCUT2D eigenvalue weighted by Gasteiger charge is -2.24. The molecule has 2 aliphatic rings.